The van der Waals surface area contributed by atoms with Crippen LogP contribution < -0.4 is 21.3 Å². The minimum absolute atomic E-state index is 0.0285. The number of aromatic nitrogens is 1. The van der Waals surface area contributed by atoms with E-state index in [2.05, 4.69) is 20.5 Å². The van der Waals surface area contributed by atoms with Gasteiger partial charge in [-0.1, -0.05) is 18.3 Å². The second kappa shape index (κ2) is 6.87. The maximum Gasteiger partial charge on any atom is 0.265 e. The number of anilines is 2. The molecule has 0 bridgehead atoms. The number of aliphatic hydroxyl groups is 1. The lowest BCUT2D eigenvalue weighted by Gasteiger charge is -2.26. The van der Waals surface area contributed by atoms with Crippen LogP contribution in [-0.4, -0.2) is 55.3 Å². The van der Waals surface area contributed by atoms with E-state index >= 15 is 0 Å². The van der Waals surface area contributed by atoms with E-state index in [-0.39, 0.29) is 24.2 Å². The van der Waals surface area contributed by atoms with Crippen LogP contribution in [-0.2, 0) is 0 Å². The number of piperazine rings is 1. The highest BCUT2D eigenvalue weighted by Gasteiger charge is 2.20. The molecule has 112 valence electrons. The van der Waals surface area contributed by atoms with Crippen molar-refractivity contribution >= 4 is 28.2 Å². The van der Waals surface area contributed by atoms with Gasteiger partial charge in [-0.05, 0) is 5.92 Å². The predicted molar refractivity (Wildman–Crippen MR) is 80.2 cm³/mol. The van der Waals surface area contributed by atoms with Crippen LogP contribution in [0.1, 0.15) is 16.6 Å². The van der Waals surface area contributed by atoms with Gasteiger partial charge in [-0.15, -0.1) is 0 Å². The number of thiazole rings is 1. The first-order valence-electron chi connectivity index (χ1n) is 6.73. The third-order valence-electron chi connectivity index (χ3n) is 3.16. The molecular formula is C12H21N5O2S. The van der Waals surface area contributed by atoms with Crippen molar-refractivity contribution in [3.63, 3.8) is 0 Å². The minimum atomic E-state index is -0.221. The van der Waals surface area contributed by atoms with Gasteiger partial charge in [0.2, 0.25) is 0 Å². The predicted octanol–water partition coefficient (Wildman–Crippen LogP) is -0.507. The number of nitrogens with zero attached hydrogens (tertiary/aromatic N) is 2. The Bertz CT molecular complexity index is 459. The van der Waals surface area contributed by atoms with Gasteiger partial charge >= 0.3 is 0 Å². The van der Waals surface area contributed by atoms with E-state index in [9.17, 15) is 4.79 Å². The molecule has 0 aliphatic carbocycles. The van der Waals surface area contributed by atoms with Gasteiger partial charge in [0.15, 0.2) is 5.13 Å². The molecule has 2 heterocycles. The van der Waals surface area contributed by atoms with Gasteiger partial charge in [-0.3, -0.25) is 4.79 Å². The van der Waals surface area contributed by atoms with Crippen molar-refractivity contribution in [2.24, 2.45) is 5.92 Å². The summed E-state index contributed by atoms with van der Waals surface area (Å²) < 4.78 is 0. The number of amides is 1. The molecule has 1 aliphatic rings. The maximum atomic E-state index is 12.0. The third-order valence-corrected chi connectivity index (χ3v) is 4.29. The molecule has 2 rings (SSSR count). The number of nitrogens with one attached hydrogen (secondary N) is 2. The number of nitrogens with two attached hydrogens (primary N) is 1. The van der Waals surface area contributed by atoms with Crippen molar-refractivity contribution in [1.82, 2.24) is 15.6 Å². The molecular weight excluding hydrogens is 278 g/mol. The molecule has 0 radical (unpaired) electrons. The summed E-state index contributed by atoms with van der Waals surface area (Å²) in [7, 11) is 0. The summed E-state index contributed by atoms with van der Waals surface area (Å²) in [5, 5.41) is 15.8. The van der Waals surface area contributed by atoms with Crippen molar-refractivity contribution in [1.29, 1.82) is 0 Å². The molecule has 7 nitrogen and oxygen atoms in total. The highest BCUT2D eigenvalue weighted by Crippen LogP contribution is 2.28. The summed E-state index contributed by atoms with van der Waals surface area (Å²) in [6.45, 7) is 5.90. The van der Waals surface area contributed by atoms with E-state index in [4.69, 9.17) is 10.8 Å². The average molecular weight is 299 g/mol. The molecule has 1 aromatic rings. The topological polar surface area (TPSA) is 104 Å². The quantitative estimate of drug-likeness (QED) is 0.584. The highest BCUT2D eigenvalue weighted by molar-refractivity contribution is 7.18. The van der Waals surface area contributed by atoms with Gasteiger partial charge < -0.3 is 26.4 Å². The molecule has 5 N–H and O–H groups in total. The van der Waals surface area contributed by atoms with E-state index in [1.807, 2.05) is 6.92 Å². The smallest absolute Gasteiger partial charge is 0.265 e. The Morgan fingerprint density at radius 3 is 2.95 bits per heavy atom. The van der Waals surface area contributed by atoms with E-state index < -0.39 is 0 Å². The fourth-order valence-electron chi connectivity index (χ4n) is 1.89. The van der Waals surface area contributed by atoms with E-state index in [1.54, 1.807) is 0 Å². The number of hydrogen-bond acceptors (Lipinski definition) is 7. The van der Waals surface area contributed by atoms with Gasteiger partial charge in [0.05, 0.1) is 0 Å². The van der Waals surface area contributed by atoms with Crippen LogP contribution >= 0.6 is 11.3 Å². The van der Waals surface area contributed by atoms with E-state index in [0.29, 0.717) is 11.4 Å². The molecule has 20 heavy (non-hydrogen) atoms. The number of carbonyl (C=O) groups excluding carboxylic acids is 1. The zero-order chi connectivity index (χ0) is 14.5. The third kappa shape index (κ3) is 3.59. The Morgan fingerprint density at radius 1 is 1.60 bits per heavy atom. The first kappa shape index (κ1) is 15.0. The summed E-state index contributed by atoms with van der Waals surface area (Å²) in [5.41, 5.74) is 5.83. The van der Waals surface area contributed by atoms with E-state index in [0.717, 1.165) is 31.3 Å². The van der Waals surface area contributed by atoms with Crippen molar-refractivity contribution in [3.05, 3.63) is 4.88 Å². The number of rotatable bonds is 5. The Kier molecular flexibility index (Phi) is 5.16. The lowest BCUT2D eigenvalue weighted by molar-refractivity contribution is 0.0947. The average Bonchev–Trinajstić information content (AvgIpc) is 2.87. The first-order chi connectivity index (χ1) is 9.61. The summed E-state index contributed by atoms with van der Waals surface area (Å²) in [5.74, 6) is 0.0834. The normalized spacial score (nSPS) is 17.0. The molecule has 1 atom stereocenters. The van der Waals surface area contributed by atoms with Crippen molar-refractivity contribution in [2.45, 2.75) is 6.92 Å². The van der Waals surface area contributed by atoms with Crippen molar-refractivity contribution < 1.29 is 9.90 Å². The summed E-state index contributed by atoms with van der Waals surface area (Å²) >= 11 is 1.32. The summed E-state index contributed by atoms with van der Waals surface area (Å²) in [6, 6.07) is 0. The second-order valence-electron chi connectivity index (χ2n) is 4.95. The lowest BCUT2D eigenvalue weighted by Crippen LogP contribution is -2.43. The molecule has 1 unspecified atom stereocenters. The standard InChI is InChI=1S/C12H21N5O2S/c1-8(7-18)6-15-11(19)9-10(13)16-12(20-9)17-4-2-14-3-5-17/h8,14,18H,2-7,13H2,1H3,(H,15,19). The Morgan fingerprint density at radius 2 is 2.30 bits per heavy atom. The van der Waals surface area contributed by atoms with Crippen molar-refractivity contribution in [2.75, 3.05) is 50.0 Å². The fraction of sp³-hybridized carbons (Fsp3) is 0.667. The van der Waals surface area contributed by atoms with Gasteiger partial charge in [0.25, 0.3) is 5.91 Å². The van der Waals surface area contributed by atoms with Crippen LogP contribution in [0, 0.1) is 5.92 Å². The van der Waals surface area contributed by atoms with Gasteiger partial charge in [-0.2, -0.15) is 0 Å². The zero-order valence-electron chi connectivity index (χ0n) is 11.6. The first-order valence-corrected chi connectivity index (χ1v) is 7.54. The number of nitrogen functional groups attached to an aromatic ring is 1. The molecule has 0 spiro atoms. The molecule has 8 heteroatoms. The number of hydrogen-bond donors (Lipinski definition) is 4. The van der Waals surface area contributed by atoms with Crippen LogP contribution in [0.25, 0.3) is 0 Å². The van der Waals surface area contributed by atoms with Crippen LogP contribution in [0.4, 0.5) is 10.9 Å². The largest absolute Gasteiger partial charge is 0.396 e. The number of carbonyl (C=O) groups is 1. The molecule has 0 saturated carbocycles. The zero-order valence-corrected chi connectivity index (χ0v) is 12.4. The Labute approximate surface area is 122 Å². The monoisotopic (exact) mass is 299 g/mol. The Balaban J connectivity index is 2.01. The van der Waals surface area contributed by atoms with Crippen LogP contribution in [0.5, 0.6) is 0 Å². The molecule has 0 aromatic carbocycles. The van der Waals surface area contributed by atoms with Gasteiger partial charge in [0.1, 0.15) is 10.7 Å². The fourth-order valence-corrected chi connectivity index (χ4v) is 2.84. The molecule has 1 fully saturated rings. The molecule has 1 aliphatic heterocycles. The highest BCUT2D eigenvalue weighted by atomic mass is 32.1. The second-order valence-corrected chi connectivity index (χ2v) is 5.92. The summed E-state index contributed by atoms with van der Waals surface area (Å²) in [4.78, 5) is 18.9. The van der Waals surface area contributed by atoms with Gasteiger partial charge in [-0.25, -0.2) is 4.98 Å². The molecule has 1 aromatic heterocycles. The molecule has 1 amide bonds. The minimum Gasteiger partial charge on any atom is -0.396 e. The van der Waals surface area contributed by atoms with E-state index in [1.165, 1.54) is 11.3 Å². The number of aliphatic hydroxyl groups excluding tert-OH is 1. The Hall–Kier alpha value is -1.38. The summed E-state index contributed by atoms with van der Waals surface area (Å²) in [6.07, 6.45) is 0. The van der Waals surface area contributed by atoms with Crippen molar-refractivity contribution in [3.8, 4) is 0 Å². The lowest BCUT2D eigenvalue weighted by atomic mass is 10.2. The molecule has 1 saturated heterocycles. The van der Waals surface area contributed by atoms with Crippen LogP contribution in [0.2, 0.25) is 0 Å². The van der Waals surface area contributed by atoms with Gasteiger partial charge in [0, 0.05) is 39.3 Å². The maximum absolute atomic E-state index is 12.0. The SMILES string of the molecule is CC(CO)CNC(=O)c1sc(N2CCNCC2)nc1N. The van der Waals surface area contributed by atoms with Crippen LogP contribution in [0.3, 0.4) is 0 Å². The van der Waals surface area contributed by atoms with Crippen LogP contribution in [0.15, 0.2) is 0 Å².